The highest BCUT2D eigenvalue weighted by molar-refractivity contribution is 6.00. The van der Waals surface area contributed by atoms with Crippen LogP contribution in [0.3, 0.4) is 0 Å². The third-order valence-corrected chi connectivity index (χ3v) is 5.41. The molecule has 38 heavy (non-hydrogen) atoms. The molecule has 5 rings (SSSR count). The molecule has 1 aromatic carbocycles. The van der Waals surface area contributed by atoms with Gasteiger partial charge in [-0.3, -0.25) is 0 Å². The van der Waals surface area contributed by atoms with Crippen molar-refractivity contribution >= 4 is 23.2 Å². The van der Waals surface area contributed by atoms with Crippen molar-refractivity contribution in [2.45, 2.75) is 12.7 Å². The number of benzene rings is 1. The first-order valence-corrected chi connectivity index (χ1v) is 11.0. The highest BCUT2D eigenvalue weighted by Gasteiger charge is 2.34. The van der Waals surface area contributed by atoms with Gasteiger partial charge in [0.1, 0.15) is 23.5 Å². The van der Waals surface area contributed by atoms with Crippen molar-refractivity contribution < 1.29 is 22.0 Å². The van der Waals surface area contributed by atoms with Gasteiger partial charge in [0.2, 0.25) is 5.82 Å². The Bertz CT molecular complexity index is 1640. The Hall–Kier alpha value is -4.75. The van der Waals surface area contributed by atoms with Crippen LogP contribution in [-0.4, -0.2) is 59.6 Å². The van der Waals surface area contributed by atoms with E-state index in [-0.39, 0.29) is 12.2 Å². The van der Waals surface area contributed by atoms with Crippen molar-refractivity contribution in [2.75, 3.05) is 14.1 Å². The summed E-state index contributed by atoms with van der Waals surface area (Å²) in [6.45, 7) is 0.217. The zero-order chi connectivity index (χ0) is 27.0. The quantitative estimate of drug-likeness (QED) is 0.182. The van der Waals surface area contributed by atoms with E-state index < -0.39 is 23.6 Å². The lowest BCUT2D eigenvalue weighted by molar-refractivity contribution is -0.144. The molecule has 0 amide bonds. The molecule has 4 aromatic heterocycles. The molecule has 0 radical (unpaired) electrons. The van der Waals surface area contributed by atoms with Crippen LogP contribution >= 0.6 is 0 Å². The van der Waals surface area contributed by atoms with Gasteiger partial charge in [-0.1, -0.05) is 0 Å². The first-order valence-electron chi connectivity index (χ1n) is 11.0. The molecule has 0 unspecified atom stereocenters. The Morgan fingerprint density at radius 1 is 1.00 bits per heavy atom. The summed E-state index contributed by atoms with van der Waals surface area (Å²) < 4.78 is 69.6. The minimum Gasteiger partial charge on any atom is -0.369 e. The molecule has 0 atom stereocenters. The number of rotatable bonds is 6. The number of alkyl halides is 3. The van der Waals surface area contributed by atoms with Gasteiger partial charge in [0.15, 0.2) is 11.6 Å². The van der Waals surface area contributed by atoms with Gasteiger partial charge >= 0.3 is 6.18 Å². The summed E-state index contributed by atoms with van der Waals surface area (Å²) in [5.74, 6) is -2.44. The van der Waals surface area contributed by atoms with Crippen molar-refractivity contribution in [3.8, 4) is 16.8 Å². The van der Waals surface area contributed by atoms with Crippen molar-refractivity contribution in [1.29, 1.82) is 0 Å². The van der Waals surface area contributed by atoms with E-state index in [1.807, 2.05) is 0 Å². The van der Waals surface area contributed by atoms with Crippen LogP contribution in [0.5, 0.6) is 0 Å². The summed E-state index contributed by atoms with van der Waals surface area (Å²) in [6.07, 6.45) is 5.11. The van der Waals surface area contributed by atoms with Gasteiger partial charge in [-0.15, -0.1) is 0 Å². The average Bonchev–Trinajstić information content (AvgIpc) is 3.48. The summed E-state index contributed by atoms with van der Waals surface area (Å²) in [6, 6.07) is 3.17. The predicted octanol–water partition coefficient (Wildman–Crippen LogP) is 4.64. The lowest BCUT2D eigenvalue weighted by Crippen LogP contribution is -2.10. The SMILES string of the molecule is CN(C)/C=N\c1ncnc2c1c(-c1cnc(C(F)(F)F)nc1)cn2Cc1cnn(-c2ccc(F)cc2F)c1. The third-order valence-electron chi connectivity index (χ3n) is 5.41. The van der Waals surface area contributed by atoms with Crippen molar-refractivity contribution in [3.63, 3.8) is 0 Å². The van der Waals surface area contributed by atoms with E-state index in [9.17, 15) is 22.0 Å². The molecule has 0 saturated heterocycles. The molecule has 0 aliphatic rings. The molecular weight excluding hydrogens is 509 g/mol. The topological polar surface area (TPSA) is 89.9 Å². The van der Waals surface area contributed by atoms with Crippen LogP contribution in [0.25, 0.3) is 27.8 Å². The van der Waals surface area contributed by atoms with Gasteiger partial charge in [0, 0.05) is 61.6 Å². The first kappa shape index (κ1) is 24.9. The number of hydrogen-bond donors (Lipinski definition) is 0. The minimum absolute atomic E-state index is 0.0697. The number of halogens is 5. The molecule has 0 N–H and O–H groups in total. The molecule has 14 heteroatoms. The van der Waals surface area contributed by atoms with E-state index in [0.29, 0.717) is 33.5 Å². The number of hydrogen-bond acceptors (Lipinski definition) is 6. The fourth-order valence-electron chi connectivity index (χ4n) is 3.77. The maximum atomic E-state index is 14.2. The fraction of sp³-hybridized carbons (Fsp3) is 0.167. The van der Waals surface area contributed by atoms with E-state index in [4.69, 9.17) is 0 Å². The highest BCUT2D eigenvalue weighted by atomic mass is 19.4. The second kappa shape index (κ2) is 9.61. The molecule has 0 spiro atoms. The Kier molecular flexibility index (Phi) is 6.30. The van der Waals surface area contributed by atoms with Gasteiger partial charge in [-0.05, 0) is 12.1 Å². The van der Waals surface area contributed by atoms with Crippen LogP contribution in [0.4, 0.5) is 27.8 Å². The molecule has 194 valence electrons. The lowest BCUT2D eigenvalue weighted by Gasteiger charge is -2.06. The van der Waals surface area contributed by atoms with Crippen LogP contribution in [0.1, 0.15) is 11.4 Å². The van der Waals surface area contributed by atoms with Crippen molar-refractivity contribution in [1.82, 2.24) is 39.2 Å². The zero-order valence-corrected chi connectivity index (χ0v) is 19.9. The Balaban J connectivity index is 1.59. The minimum atomic E-state index is -4.68. The molecule has 0 bridgehead atoms. The van der Waals surface area contributed by atoms with Gasteiger partial charge in [0.25, 0.3) is 0 Å². The van der Waals surface area contributed by atoms with E-state index in [1.165, 1.54) is 29.6 Å². The number of nitrogens with zero attached hydrogens (tertiary/aromatic N) is 9. The highest BCUT2D eigenvalue weighted by Crippen LogP contribution is 2.35. The number of aromatic nitrogens is 7. The van der Waals surface area contributed by atoms with Gasteiger partial charge in [0.05, 0.1) is 24.5 Å². The predicted molar refractivity (Wildman–Crippen MR) is 128 cm³/mol. The van der Waals surface area contributed by atoms with Gasteiger partial charge < -0.3 is 9.47 Å². The third kappa shape index (κ3) is 4.92. The fourth-order valence-corrected chi connectivity index (χ4v) is 3.77. The molecule has 0 aliphatic carbocycles. The second-order valence-corrected chi connectivity index (χ2v) is 8.46. The lowest BCUT2D eigenvalue weighted by atomic mass is 10.1. The molecule has 4 heterocycles. The molecule has 0 fully saturated rings. The summed E-state index contributed by atoms with van der Waals surface area (Å²) in [5, 5.41) is 4.65. The molecular formula is C24H18F5N9. The van der Waals surface area contributed by atoms with Crippen LogP contribution in [0.15, 0.2) is 60.5 Å². The maximum absolute atomic E-state index is 14.2. The standard InChI is InChI=1S/C24H18F5N9/c1-36(2)13-34-21-20-17(15-7-30-23(31-8-15)24(27,28)29)11-37(22(20)33-12-32-21)9-14-6-35-38(10-14)19-4-3-16(25)5-18(19)26/h3-8,10-13H,9H2,1-2H3/b34-13-. The molecule has 0 aliphatic heterocycles. The van der Waals surface area contributed by atoms with Crippen LogP contribution in [0.2, 0.25) is 0 Å². The smallest absolute Gasteiger partial charge is 0.369 e. The van der Waals surface area contributed by atoms with E-state index in [1.54, 1.807) is 36.0 Å². The summed E-state index contributed by atoms with van der Waals surface area (Å²) >= 11 is 0. The Morgan fingerprint density at radius 3 is 2.45 bits per heavy atom. The zero-order valence-electron chi connectivity index (χ0n) is 19.9. The van der Waals surface area contributed by atoms with E-state index >= 15 is 0 Å². The Morgan fingerprint density at radius 2 is 1.76 bits per heavy atom. The molecule has 5 aromatic rings. The normalized spacial score (nSPS) is 12.1. The van der Waals surface area contributed by atoms with Crippen molar-refractivity contribution in [3.05, 3.63) is 78.5 Å². The van der Waals surface area contributed by atoms with Gasteiger partial charge in [-0.2, -0.15) is 18.3 Å². The first-order chi connectivity index (χ1) is 18.1. The van der Waals surface area contributed by atoms with Crippen molar-refractivity contribution in [2.24, 2.45) is 4.99 Å². The second-order valence-electron chi connectivity index (χ2n) is 8.46. The number of fused-ring (bicyclic) bond motifs is 1. The molecule has 0 saturated carbocycles. The largest absolute Gasteiger partial charge is 0.451 e. The maximum Gasteiger partial charge on any atom is 0.451 e. The van der Waals surface area contributed by atoms with E-state index in [0.717, 1.165) is 24.5 Å². The van der Waals surface area contributed by atoms with Crippen LogP contribution in [0, 0.1) is 11.6 Å². The molecule has 9 nitrogen and oxygen atoms in total. The average molecular weight is 527 g/mol. The summed E-state index contributed by atoms with van der Waals surface area (Å²) in [7, 11) is 3.55. The number of aliphatic imine (C=N–C) groups is 1. The monoisotopic (exact) mass is 527 g/mol. The summed E-state index contributed by atoms with van der Waals surface area (Å²) in [4.78, 5) is 21.7. The van der Waals surface area contributed by atoms with Crippen LogP contribution < -0.4 is 0 Å². The Labute approximate surface area is 211 Å². The summed E-state index contributed by atoms with van der Waals surface area (Å²) in [5.41, 5.74) is 1.94. The van der Waals surface area contributed by atoms with Crippen LogP contribution in [-0.2, 0) is 12.7 Å². The van der Waals surface area contributed by atoms with Gasteiger partial charge in [-0.25, -0.2) is 38.4 Å². The van der Waals surface area contributed by atoms with E-state index in [2.05, 4.69) is 30.0 Å².